The molecule has 0 N–H and O–H groups in total. The Morgan fingerprint density at radius 1 is 1.17 bits per heavy atom. The lowest BCUT2D eigenvalue weighted by molar-refractivity contribution is -0.141. The molecule has 0 unspecified atom stereocenters. The first-order valence-electron chi connectivity index (χ1n) is 9.12. The summed E-state index contributed by atoms with van der Waals surface area (Å²) >= 11 is 0. The highest BCUT2D eigenvalue weighted by atomic mass is 19.4. The molecule has 0 fully saturated rings. The van der Waals surface area contributed by atoms with E-state index in [1.54, 1.807) is 0 Å². The highest BCUT2D eigenvalue weighted by Crippen LogP contribution is 2.24. The lowest BCUT2D eigenvalue weighted by Crippen LogP contribution is -2.21. The molecule has 0 aliphatic carbocycles. The summed E-state index contributed by atoms with van der Waals surface area (Å²) in [6.45, 7) is 4.81. The fraction of sp³-hybridized carbons (Fsp3) is 0.421. The maximum atomic E-state index is 12.8. The molecular weight excluding hydrogens is 403 g/mol. The molecule has 0 spiro atoms. The highest BCUT2D eigenvalue weighted by molar-refractivity contribution is 6.00. The van der Waals surface area contributed by atoms with E-state index in [1.807, 2.05) is 13.8 Å². The van der Waals surface area contributed by atoms with Crippen molar-refractivity contribution in [3.8, 4) is 0 Å². The zero-order valence-electron chi connectivity index (χ0n) is 16.8. The number of hydrogen-bond donors (Lipinski definition) is 0. The summed E-state index contributed by atoms with van der Waals surface area (Å²) in [7, 11) is 0. The van der Waals surface area contributed by atoms with E-state index in [0.29, 0.717) is 17.2 Å². The largest absolute Gasteiger partial charge is 0.454 e. The lowest BCUT2D eigenvalue weighted by atomic mass is 10.1. The molecular formula is C19H20F3N5O3. The average molecular weight is 423 g/mol. The highest BCUT2D eigenvalue weighted by Gasteiger charge is 2.30. The van der Waals surface area contributed by atoms with E-state index in [2.05, 4.69) is 15.1 Å². The van der Waals surface area contributed by atoms with Crippen molar-refractivity contribution in [2.45, 2.75) is 46.3 Å². The first-order chi connectivity index (χ1) is 14.0. The molecule has 3 aromatic heterocycles. The van der Waals surface area contributed by atoms with Crippen LogP contribution in [-0.2, 0) is 11.3 Å². The molecule has 0 amide bonds. The fourth-order valence-electron chi connectivity index (χ4n) is 3.30. The van der Waals surface area contributed by atoms with E-state index in [1.165, 1.54) is 37.0 Å². The van der Waals surface area contributed by atoms with Crippen molar-refractivity contribution in [1.82, 2.24) is 24.1 Å². The van der Waals surface area contributed by atoms with Gasteiger partial charge < -0.3 is 9.30 Å². The van der Waals surface area contributed by atoms with Gasteiger partial charge in [0.05, 0.1) is 11.3 Å². The molecule has 0 aromatic carbocycles. The predicted molar refractivity (Wildman–Crippen MR) is 99.4 cm³/mol. The molecule has 0 radical (unpaired) electrons. The standard InChI is InChI=1S/C19H20F3N5O3/c1-10(2)16-14(6-23-18-24-9-25-27(16)18)17(29)30-7-15(28)13-5-11(3)26(12(13)4)8-19(20,21)22/h5-6,9-10H,7-8H2,1-4H3. The second kappa shape index (κ2) is 7.88. The van der Waals surface area contributed by atoms with Crippen LogP contribution in [0, 0.1) is 13.8 Å². The van der Waals surface area contributed by atoms with Crippen molar-refractivity contribution >= 4 is 17.5 Å². The topological polar surface area (TPSA) is 91.4 Å². The molecule has 0 atom stereocenters. The summed E-state index contributed by atoms with van der Waals surface area (Å²) in [5.74, 6) is -1.16. The van der Waals surface area contributed by atoms with Gasteiger partial charge in [-0.15, -0.1) is 0 Å². The van der Waals surface area contributed by atoms with Crippen molar-refractivity contribution in [1.29, 1.82) is 0 Å². The zero-order chi connectivity index (χ0) is 22.2. The Balaban J connectivity index is 1.79. The van der Waals surface area contributed by atoms with E-state index in [0.717, 1.165) is 4.57 Å². The van der Waals surface area contributed by atoms with Crippen LogP contribution in [0.3, 0.4) is 0 Å². The molecule has 160 valence electrons. The number of nitrogens with zero attached hydrogens (tertiary/aromatic N) is 5. The summed E-state index contributed by atoms with van der Waals surface area (Å²) in [6.07, 6.45) is -1.80. The second-order valence-corrected chi connectivity index (χ2v) is 7.17. The van der Waals surface area contributed by atoms with Crippen LogP contribution in [0.15, 0.2) is 18.6 Å². The lowest BCUT2D eigenvalue weighted by Gasteiger charge is -2.13. The van der Waals surface area contributed by atoms with Crippen LogP contribution in [0.1, 0.15) is 57.6 Å². The predicted octanol–water partition coefficient (Wildman–Crippen LogP) is 3.27. The Kier molecular flexibility index (Phi) is 5.64. The number of carbonyl (C=O) groups is 2. The fourth-order valence-corrected chi connectivity index (χ4v) is 3.30. The Bertz CT molecular complexity index is 1110. The number of fused-ring (bicyclic) bond motifs is 1. The minimum atomic E-state index is -4.42. The molecule has 0 saturated heterocycles. The Hall–Kier alpha value is -3.24. The van der Waals surface area contributed by atoms with Crippen LogP contribution in [0.2, 0.25) is 0 Å². The molecule has 11 heteroatoms. The number of alkyl halides is 3. The first kappa shape index (κ1) is 21.5. The van der Waals surface area contributed by atoms with Crippen molar-refractivity contribution in [2.24, 2.45) is 0 Å². The van der Waals surface area contributed by atoms with Crippen molar-refractivity contribution in [2.75, 3.05) is 6.61 Å². The quantitative estimate of drug-likeness (QED) is 0.446. The number of ketones is 1. The maximum absolute atomic E-state index is 12.8. The van der Waals surface area contributed by atoms with Crippen LogP contribution in [-0.4, -0.2) is 48.7 Å². The number of aryl methyl sites for hydroxylation is 1. The SMILES string of the molecule is Cc1cc(C(=O)COC(=O)c2cnc3ncnn3c2C(C)C)c(C)n1CC(F)(F)F. The van der Waals surface area contributed by atoms with Crippen LogP contribution >= 0.6 is 0 Å². The van der Waals surface area contributed by atoms with Gasteiger partial charge >= 0.3 is 12.1 Å². The molecule has 0 aliphatic heterocycles. The number of aromatic nitrogens is 5. The summed E-state index contributed by atoms with van der Waals surface area (Å²) in [5, 5.41) is 4.05. The van der Waals surface area contributed by atoms with Crippen molar-refractivity contribution in [3.63, 3.8) is 0 Å². The molecule has 0 bridgehead atoms. The number of hydrogen-bond acceptors (Lipinski definition) is 6. The summed E-state index contributed by atoms with van der Waals surface area (Å²) in [5.41, 5.74) is 1.21. The average Bonchev–Trinajstić information content (AvgIpc) is 3.23. The second-order valence-electron chi connectivity index (χ2n) is 7.17. The minimum Gasteiger partial charge on any atom is -0.454 e. The van der Waals surface area contributed by atoms with Crippen molar-refractivity contribution < 1.29 is 27.5 Å². The van der Waals surface area contributed by atoms with Gasteiger partial charge in [-0.2, -0.15) is 23.3 Å². The molecule has 3 rings (SSSR count). The van der Waals surface area contributed by atoms with E-state index in [-0.39, 0.29) is 22.7 Å². The summed E-state index contributed by atoms with van der Waals surface area (Å²) in [4.78, 5) is 33.1. The zero-order valence-corrected chi connectivity index (χ0v) is 16.8. The molecule has 30 heavy (non-hydrogen) atoms. The van der Waals surface area contributed by atoms with Crippen molar-refractivity contribution in [3.05, 3.63) is 46.8 Å². The van der Waals surface area contributed by atoms with E-state index >= 15 is 0 Å². The van der Waals surface area contributed by atoms with Gasteiger partial charge in [-0.05, 0) is 25.8 Å². The normalized spacial score (nSPS) is 12.0. The van der Waals surface area contributed by atoms with Crippen LogP contribution < -0.4 is 0 Å². The number of carbonyl (C=O) groups excluding carboxylic acids is 2. The van der Waals surface area contributed by atoms with Gasteiger partial charge in [-0.25, -0.2) is 14.3 Å². The number of Topliss-reactive ketones (excluding diaryl/α,β-unsaturated/α-hetero) is 1. The van der Waals surface area contributed by atoms with E-state index < -0.39 is 31.1 Å². The third-order valence-corrected chi connectivity index (χ3v) is 4.66. The molecule has 0 saturated carbocycles. The molecule has 8 nitrogen and oxygen atoms in total. The minimum absolute atomic E-state index is 0.0819. The number of esters is 1. The van der Waals surface area contributed by atoms with Gasteiger partial charge in [0.25, 0.3) is 5.78 Å². The summed E-state index contributed by atoms with van der Waals surface area (Å²) in [6, 6.07) is 1.36. The van der Waals surface area contributed by atoms with Gasteiger partial charge in [0.1, 0.15) is 12.9 Å². The van der Waals surface area contributed by atoms with E-state index in [4.69, 9.17) is 4.74 Å². The maximum Gasteiger partial charge on any atom is 0.406 e. The third-order valence-electron chi connectivity index (χ3n) is 4.66. The monoisotopic (exact) mass is 423 g/mol. The van der Waals surface area contributed by atoms with Gasteiger partial charge in [0, 0.05) is 23.1 Å². The Morgan fingerprint density at radius 2 is 1.87 bits per heavy atom. The number of rotatable bonds is 6. The Labute approximate surface area is 169 Å². The number of halogens is 3. The van der Waals surface area contributed by atoms with Gasteiger partial charge in [0.15, 0.2) is 6.61 Å². The third kappa shape index (κ3) is 4.19. The Morgan fingerprint density at radius 3 is 2.50 bits per heavy atom. The van der Waals surface area contributed by atoms with Crippen LogP contribution in [0.25, 0.3) is 5.78 Å². The van der Waals surface area contributed by atoms with E-state index in [9.17, 15) is 22.8 Å². The smallest absolute Gasteiger partial charge is 0.406 e. The van der Waals surface area contributed by atoms with Gasteiger partial charge in [-0.3, -0.25) is 4.79 Å². The molecule has 3 aromatic rings. The van der Waals surface area contributed by atoms with Gasteiger partial charge in [-0.1, -0.05) is 13.8 Å². The van der Waals surface area contributed by atoms with Crippen LogP contribution in [0.5, 0.6) is 0 Å². The number of ether oxygens (including phenoxy) is 1. The van der Waals surface area contributed by atoms with Crippen LogP contribution in [0.4, 0.5) is 13.2 Å². The molecule has 3 heterocycles. The first-order valence-corrected chi connectivity index (χ1v) is 9.12. The van der Waals surface area contributed by atoms with Gasteiger partial charge in [0.2, 0.25) is 5.78 Å². The summed E-state index contributed by atoms with van der Waals surface area (Å²) < 4.78 is 45.8. The molecule has 0 aliphatic rings.